The van der Waals surface area contributed by atoms with E-state index in [1.54, 1.807) is 7.11 Å². The first-order valence-corrected chi connectivity index (χ1v) is 7.99. The first-order chi connectivity index (χ1) is 9.96. The molecular formula is C16H32N4O. The summed E-state index contributed by atoms with van der Waals surface area (Å²) < 4.78 is 7.28. The van der Waals surface area contributed by atoms with Gasteiger partial charge in [0.2, 0.25) is 0 Å². The van der Waals surface area contributed by atoms with Crippen LogP contribution in [-0.4, -0.2) is 42.1 Å². The monoisotopic (exact) mass is 296 g/mol. The van der Waals surface area contributed by atoms with Crippen molar-refractivity contribution in [3.63, 3.8) is 0 Å². The number of methoxy groups -OCH3 is 1. The van der Waals surface area contributed by atoms with Crippen molar-refractivity contribution in [2.75, 3.05) is 25.2 Å². The first kappa shape index (κ1) is 18.0. The highest BCUT2D eigenvalue weighted by atomic mass is 16.5. The fraction of sp³-hybridized carbons (Fsp3) is 0.812. The molecule has 0 spiro atoms. The number of anilines is 1. The van der Waals surface area contributed by atoms with Crippen LogP contribution in [0.3, 0.4) is 0 Å². The van der Waals surface area contributed by atoms with Crippen LogP contribution in [0, 0.1) is 6.92 Å². The predicted molar refractivity (Wildman–Crippen MR) is 88.9 cm³/mol. The van der Waals surface area contributed by atoms with E-state index >= 15 is 0 Å². The number of nitrogens with zero attached hydrogens (tertiary/aromatic N) is 3. The second-order valence-corrected chi connectivity index (χ2v) is 5.83. The topological polar surface area (TPSA) is 56.3 Å². The highest BCUT2D eigenvalue weighted by Crippen LogP contribution is 2.27. The van der Waals surface area contributed by atoms with Crippen molar-refractivity contribution < 1.29 is 4.74 Å². The van der Waals surface area contributed by atoms with Crippen LogP contribution in [0.4, 0.5) is 5.82 Å². The van der Waals surface area contributed by atoms with Gasteiger partial charge in [-0.3, -0.25) is 4.68 Å². The molecule has 0 saturated carbocycles. The molecule has 0 radical (unpaired) electrons. The number of hydrogen-bond donors (Lipinski definition) is 1. The Bertz CT molecular complexity index is 430. The fourth-order valence-electron chi connectivity index (χ4n) is 2.64. The van der Waals surface area contributed by atoms with Crippen molar-refractivity contribution in [3.8, 4) is 0 Å². The van der Waals surface area contributed by atoms with Gasteiger partial charge in [-0.1, -0.05) is 13.8 Å². The Labute approximate surface area is 129 Å². The summed E-state index contributed by atoms with van der Waals surface area (Å²) in [6.45, 7) is 10.3. The van der Waals surface area contributed by atoms with Gasteiger partial charge in [-0.2, -0.15) is 5.10 Å². The van der Waals surface area contributed by atoms with Gasteiger partial charge in [0.15, 0.2) is 0 Å². The smallest absolute Gasteiger partial charge is 0.130 e. The van der Waals surface area contributed by atoms with Crippen molar-refractivity contribution in [3.05, 3.63) is 11.3 Å². The highest BCUT2D eigenvalue weighted by molar-refractivity contribution is 5.51. The highest BCUT2D eigenvalue weighted by Gasteiger charge is 2.23. The van der Waals surface area contributed by atoms with Gasteiger partial charge >= 0.3 is 0 Å². The molecule has 1 heterocycles. The number of hydrogen-bond acceptors (Lipinski definition) is 4. The van der Waals surface area contributed by atoms with Gasteiger partial charge in [-0.05, 0) is 33.1 Å². The molecule has 1 aromatic rings. The number of nitrogens with two attached hydrogens (primary N) is 1. The molecule has 21 heavy (non-hydrogen) atoms. The van der Waals surface area contributed by atoms with E-state index in [0.717, 1.165) is 31.5 Å². The van der Waals surface area contributed by atoms with Gasteiger partial charge in [-0.15, -0.1) is 0 Å². The lowest BCUT2D eigenvalue weighted by molar-refractivity contribution is 0.203. The molecule has 0 aliphatic heterocycles. The Morgan fingerprint density at radius 2 is 2.00 bits per heavy atom. The molecular weight excluding hydrogens is 264 g/mol. The summed E-state index contributed by atoms with van der Waals surface area (Å²) >= 11 is 0. The number of ether oxygens (including phenoxy) is 1. The van der Waals surface area contributed by atoms with Gasteiger partial charge < -0.3 is 15.4 Å². The van der Waals surface area contributed by atoms with Crippen LogP contribution in [0.15, 0.2) is 0 Å². The van der Waals surface area contributed by atoms with Crippen molar-refractivity contribution in [1.29, 1.82) is 0 Å². The maximum absolute atomic E-state index is 6.18. The Kier molecular flexibility index (Phi) is 7.18. The van der Waals surface area contributed by atoms with Crippen molar-refractivity contribution in [1.82, 2.24) is 9.78 Å². The zero-order valence-electron chi connectivity index (χ0n) is 14.5. The summed E-state index contributed by atoms with van der Waals surface area (Å²) in [7, 11) is 3.77. The average Bonchev–Trinajstić information content (AvgIpc) is 2.74. The maximum atomic E-state index is 6.18. The van der Waals surface area contributed by atoms with Crippen LogP contribution in [0.2, 0.25) is 0 Å². The lowest BCUT2D eigenvalue weighted by Gasteiger charge is -2.31. The molecule has 5 nitrogen and oxygen atoms in total. The van der Waals surface area contributed by atoms with Gasteiger partial charge in [0.1, 0.15) is 5.82 Å². The minimum atomic E-state index is 0.188. The van der Waals surface area contributed by atoms with E-state index in [4.69, 9.17) is 10.5 Å². The number of rotatable bonds is 9. The minimum absolute atomic E-state index is 0.188. The Hall–Kier alpha value is -1.07. The van der Waals surface area contributed by atoms with Gasteiger partial charge in [-0.25, -0.2) is 0 Å². The van der Waals surface area contributed by atoms with Crippen molar-refractivity contribution in [2.24, 2.45) is 12.8 Å². The number of aryl methyl sites for hydroxylation is 2. The number of aromatic nitrogens is 2. The summed E-state index contributed by atoms with van der Waals surface area (Å²) in [6, 6.07) is 0.638. The third kappa shape index (κ3) is 4.45. The van der Waals surface area contributed by atoms with Crippen LogP contribution in [0.1, 0.15) is 44.9 Å². The molecule has 0 amide bonds. The molecule has 2 unspecified atom stereocenters. The third-order valence-corrected chi connectivity index (χ3v) is 4.24. The molecule has 0 aliphatic rings. The lowest BCUT2D eigenvalue weighted by atomic mass is 10.0. The zero-order valence-corrected chi connectivity index (χ0v) is 14.5. The Morgan fingerprint density at radius 3 is 2.52 bits per heavy atom. The van der Waals surface area contributed by atoms with Gasteiger partial charge in [0.05, 0.1) is 12.3 Å². The standard InChI is InChI=1S/C16H32N4O/c1-7-12(3)20(9-10-21-6)16-15(11-14(17)8-2)13(4)18-19(16)5/h12,14H,7-11,17H2,1-6H3. The summed E-state index contributed by atoms with van der Waals surface area (Å²) in [5.41, 5.74) is 8.55. The largest absolute Gasteiger partial charge is 0.383 e. The average molecular weight is 296 g/mol. The van der Waals surface area contributed by atoms with Crippen molar-refractivity contribution in [2.45, 2.75) is 59.0 Å². The Morgan fingerprint density at radius 1 is 1.33 bits per heavy atom. The van der Waals surface area contributed by atoms with Crippen LogP contribution in [0.5, 0.6) is 0 Å². The van der Waals surface area contributed by atoms with E-state index in [2.05, 4.69) is 37.7 Å². The molecule has 1 aromatic heterocycles. The molecule has 0 fully saturated rings. The van der Waals surface area contributed by atoms with Gasteiger partial charge in [0, 0.05) is 38.3 Å². The third-order valence-electron chi connectivity index (χ3n) is 4.24. The molecule has 0 aromatic carbocycles. The second-order valence-electron chi connectivity index (χ2n) is 5.83. The molecule has 5 heteroatoms. The Balaban J connectivity index is 3.16. The predicted octanol–water partition coefficient (Wildman–Crippen LogP) is 2.26. The SMILES string of the molecule is CCC(N)Cc1c(C)nn(C)c1N(CCOC)C(C)CC. The molecule has 0 bridgehead atoms. The lowest BCUT2D eigenvalue weighted by Crippen LogP contribution is -2.38. The summed E-state index contributed by atoms with van der Waals surface area (Å²) in [5.74, 6) is 1.20. The maximum Gasteiger partial charge on any atom is 0.130 e. The van der Waals surface area contributed by atoms with E-state index in [1.807, 2.05) is 11.7 Å². The fourth-order valence-corrected chi connectivity index (χ4v) is 2.64. The van der Waals surface area contributed by atoms with E-state index < -0.39 is 0 Å². The summed E-state index contributed by atoms with van der Waals surface area (Å²) in [4.78, 5) is 2.40. The van der Waals surface area contributed by atoms with E-state index in [-0.39, 0.29) is 6.04 Å². The molecule has 1 rings (SSSR count). The summed E-state index contributed by atoms with van der Waals surface area (Å²) in [6.07, 6.45) is 2.95. The second kappa shape index (κ2) is 8.39. The minimum Gasteiger partial charge on any atom is -0.383 e. The van der Waals surface area contributed by atoms with Crippen LogP contribution < -0.4 is 10.6 Å². The normalized spacial score (nSPS) is 14.2. The van der Waals surface area contributed by atoms with Crippen LogP contribution in [-0.2, 0) is 18.2 Å². The summed E-state index contributed by atoms with van der Waals surface area (Å²) in [5, 5.41) is 4.62. The van der Waals surface area contributed by atoms with E-state index in [0.29, 0.717) is 12.6 Å². The van der Waals surface area contributed by atoms with E-state index in [9.17, 15) is 0 Å². The quantitative estimate of drug-likeness (QED) is 0.759. The first-order valence-electron chi connectivity index (χ1n) is 7.99. The van der Waals surface area contributed by atoms with Crippen LogP contribution in [0.25, 0.3) is 0 Å². The van der Waals surface area contributed by atoms with E-state index in [1.165, 1.54) is 11.4 Å². The molecule has 0 saturated heterocycles. The van der Waals surface area contributed by atoms with Crippen LogP contribution >= 0.6 is 0 Å². The van der Waals surface area contributed by atoms with Gasteiger partial charge in [0.25, 0.3) is 0 Å². The van der Waals surface area contributed by atoms with Crippen molar-refractivity contribution >= 4 is 5.82 Å². The molecule has 2 atom stereocenters. The molecule has 0 aliphatic carbocycles. The molecule has 2 N–H and O–H groups in total. The zero-order chi connectivity index (χ0) is 16.0. The molecule has 122 valence electrons.